The first-order valence-electron chi connectivity index (χ1n) is 9.89. The number of rotatable bonds is 5. The van der Waals surface area contributed by atoms with Crippen LogP contribution in [0.15, 0.2) is 11.4 Å². The number of hydrogen-bond donors (Lipinski definition) is 1. The molecule has 4 heteroatoms. The van der Waals surface area contributed by atoms with Crippen molar-refractivity contribution in [2.75, 3.05) is 19.6 Å². The standard InChI is InChI=1S/C20H30N2OS/c23-19(18-17(9-14-24-18)16-7-8-16)21-15-20(10-3-1-4-11-20)22-12-5-2-6-13-22/h9,14,16H,1-8,10-13,15H2,(H,21,23). The van der Waals surface area contributed by atoms with Gasteiger partial charge in [-0.3, -0.25) is 9.69 Å². The summed E-state index contributed by atoms with van der Waals surface area (Å²) in [5.41, 5.74) is 1.53. The fraction of sp³-hybridized carbons (Fsp3) is 0.750. The van der Waals surface area contributed by atoms with Crippen molar-refractivity contribution < 1.29 is 4.79 Å². The van der Waals surface area contributed by atoms with Crippen molar-refractivity contribution >= 4 is 17.2 Å². The summed E-state index contributed by atoms with van der Waals surface area (Å²) in [5.74, 6) is 0.830. The fourth-order valence-electron chi connectivity index (χ4n) is 4.73. The molecule has 0 bridgehead atoms. The largest absolute Gasteiger partial charge is 0.349 e. The SMILES string of the molecule is O=C(NCC1(N2CCCCC2)CCCCC1)c1sccc1C1CC1. The number of thiophene rings is 1. The summed E-state index contributed by atoms with van der Waals surface area (Å²) in [6, 6.07) is 2.16. The van der Waals surface area contributed by atoms with Gasteiger partial charge < -0.3 is 5.32 Å². The molecular formula is C20H30N2OS. The molecule has 1 amide bonds. The first kappa shape index (κ1) is 16.6. The van der Waals surface area contributed by atoms with Crippen molar-refractivity contribution in [2.45, 2.75) is 75.7 Å². The van der Waals surface area contributed by atoms with E-state index in [0.29, 0.717) is 5.92 Å². The van der Waals surface area contributed by atoms with E-state index in [4.69, 9.17) is 0 Å². The van der Waals surface area contributed by atoms with Gasteiger partial charge in [-0.1, -0.05) is 25.7 Å². The molecule has 2 heterocycles. The quantitative estimate of drug-likeness (QED) is 0.848. The Morgan fingerprint density at radius 3 is 2.54 bits per heavy atom. The number of carbonyl (C=O) groups excluding carboxylic acids is 1. The zero-order valence-corrected chi connectivity index (χ0v) is 15.5. The van der Waals surface area contributed by atoms with Gasteiger partial charge in [-0.2, -0.15) is 0 Å². The summed E-state index contributed by atoms with van der Waals surface area (Å²) in [4.78, 5) is 16.5. The molecule has 24 heavy (non-hydrogen) atoms. The van der Waals surface area contributed by atoms with Gasteiger partial charge in [-0.25, -0.2) is 0 Å². The molecule has 1 N–H and O–H groups in total. The summed E-state index contributed by atoms with van der Waals surface area (Å²) in [7, 11) is 0. The van der Waals surface area contributed by atoms with Gasteiger partial charge in [0.1, 0.15) is 0 Å². The Morgan fingerprint density at radius 1 is 1.12 bits per heavy atom. The second kappa shape index (κ2) is 7.17. The normalized spacial score (nSPS) is 24.7. The van der Waals surface area contributed by atoms with Crippen LogP contribution in [0.1, 0.15) is 85.4 Å². The van der Waals surface area contributed by atoms with Gasteiger partial charge in [0, 0.05) is 12.1 Å². The minimum absolute atomic E-state index is 0.175. The maximum atomic E-state index is 12.8. The number of nitrogens with one attached hydrogen (secondary N) is 1. The Hall–Kier alpha value is -0.870. The van der Waals surface area contributed by atoms with Crippen molar-refractivity contribution in [3.8, 4) is 0 Å². The van der Waals surface area contributed by atoms with Crippen molar-refractivity contribution in [1.29, 1.82) is 0 Å². The molecule has 2 saturated carbocycles. The topological polar surface area (TPSA) is 32.3 Å². The molecule has 4 rings (SSSR count). The van der Waals surface area contributed by atoms with E-state index in [9.17, 15) is 4.79 Å². The summed E-state index contributed by atoms with van der Waals surface area (Å²) in [5, 5.41) is 5.43. The number of hydrogen-bond acceptors (Lipinski definition) is 3. The molecule has 3 aliphatic rings. The van der Waals surface area contributed by atoms with Crippen LogP contribution < -0.4 is 5.32 Å². The molecule has 2 aliphatic carbocycles. The van der Waals surface area contributed by atoms with Crippen LogP contribution in [0.3, 0.4) is 0 Å². The van der Waals surface area contributed by atoms with Crippen LogP contribution in [0.25, 0.3) is 0 Å². The molecule has 132 valence electrons. The van der Waals surface area contributed by atoms with E-state index < -0.39 is 0 Å². The third kappa shape index (κ3) is 3.41. The first-order chi connectivity index (χ1) is 11.8. The van der Waals surface area contributed by atoms with Crippen LogP contribution >= 0.6 is 11.3 Å². The molecular weight excluding hydrogens is 316 g/mol. The lowest BCUT2D eigenvalue weighted by atomic mass is 9.79. The molecule has 0 spiro atoms. The third-order valence-corrected chi connectivity index (χ3v) is 7.24. The molecule has 0 atom stereocenters. The number of nitrogens with zero attached hydrogens (tertiary/aromatic N) is 1. The molecule has 0 aromatic carbocycles. The van der Waals surface area contributed by atoms with Gasteiger partial charge >= 0.3 is 0 Å². The number of piperidine rings is 1. The second-order valence-electron chi connectivity index (χ2n) is 7.99. The molecule has 3 fully saturated rings. The number of amides is 1. The minimum atomic E-state index is 0.175. The van der Waals surface area contributed by atoms with Crippen molar-refractivity contribution in [1.82, 2.24) is 10.2 Å². The van der Waals surface area contributed by atoms with Gasteiger partial charge in [0.15, 0.2) is 0 Å². The van der Waals surface area contributed by atoms with E-state index in [2.05, 4.69) is 21.7 Å². The predicted molar refractivity (Wildman–Crippen MR) is 99.9 cm³/mol. The van der Waals surface area contributed by atoms with Crippen LogP contribution in [-0.2, 0) is 0 Å². The highest BCUT2D eigenvalue weighted by Gasteiger charge is 2.39. The van der Waals surface area contributed by atoms with E-state index in [-0.39, 0.29) is 11.4 Å². The van der Waals surface area contributed by atoms with E-state index in [1.54, 1.807) is 11.3 Å². The molecule has 1 aromatic rings. The lowest BCUT2D eigenvalue weighted by Crippen LogP contribution is -2.58. The fourth-order valence-corrected chi connectivity index (χ4v) is 5.63. The van der Waals surface area contributed by atoms with Crippen LogP contribution in [0.5, 0.6) is 0 Å². The Bertz CT molecular complexity index is 566. The van der Waals surface area contributed by atoms with Gasteiger partial charge in [0.05, 0.1) is 4.88 Å². The zero-order valence-electron chi connectivity index (χ0n) is 14.7. The summed E-state index contributed by atoms with van der Waals surface area (Å²) in [6.07, 6.45) is 13.1. The highest BCUT2D eigenvalue weighted by atomic mass is 32.1. The highest BCUT2D eigenvalue weighted by molar-refractivity contribution is 7.12. The van der Waals surface area contributed by atoms with Gasteiger partial charge in [0.2, 0.25) is 0 Å². The van der Waals surface area contributed by atoms with E-state index in [1.807, 2.05) is 0 Å². The summed E-state index contributed by atoms with van der Waals surface area (Å²) >= 11 is 1.62. The Morgan fingerprint density at radius 2 is 1.83 bits per heavy atom. The third-order valence-electron chi connectivity index (χ3n) is 6.31. The number of carbonyl (C=O) groups is 1. The Balaban J connectivity index is 1.44. The van der Waals surface area contributed by atoms with Crippen LogP contribution in [-0.4, -0.2) is 36.0 Å². The maximum absolute atomic E-state index is 12.8. The number of likely N-dealkylation sites (tertiary alicyclic amines) is 1. The van der Waals surface area contributed by atoms with Crippen molar-refractivity contribution in [3.63, 3.8) is 0 Å². The molecule has 1 saturated heterocycles. The molecule has 1 aromatic heterocycles. The van der Waals surface area contributed by atoms with E-state index >= 15 is 0 Å². The zero-order chi connectivity index (χ0) is 16.4. The van der Waals surface area contributed by atoms with Crippen molar-refractivity contribution in [2.24, 2.45) is 0 Å². The maximum Gasteiger partial charge on any atom is 0.261 e. The molecule has 3 nitrogen and oxygen atoms in total. The van der Waals surface area contributed by atoms with Gasteiger partial charge in [0.25, 0.3) is 5.91 Å². The van der Waals surface area contributed by atoms with Crippen LogP contribution in [0.4, 0.5) is 0 Å². The van der Waals surface area contributed by atoms with E-state index in [0.717, 1.165) is 11.4 Å². The Kier molecular flexibility index (Phi) is 4.95. The van der Waals surface area contributed by atoms with Crippen LogP contribution in [0, 0.1) is 0 Å². The highest BCUT2D eigenvalue weighted by Crippen LogP contribution is 2.43. The summed E-state index contributed by atoms with van der Waals surface area (Å²) < 4.78 is 0. The molecule has 0 radical (unpaired) electrons. The average Bonchev–Trinajstić information content (AvgIpc) is 3.38. The van der Waals surface area contributed by atoms with Gasteiger partial charge in [-0.15, -0.1) is 11.3 Å². The first-order valence-corrected chi connectivity index (χ1v) is 10.8. The lowest BCUT2D eigenvalue weighted by molar-refractivity contribution is 0.0327. The molecule has 0 unspecified atom stereocenters. The Labute approximate surface area is 149 Å². The average molecular weight is 347 g/mol. The molecule has 1 aliphatic heterocycles. The second-order valence-corrected chi connectivity index (χ2v) is 8.91. The summed E-state index contributed by atoms with van der Waals surface area (Å²) in [6.45, 7) is 3.29. The smallest absolute Gasteiger partial charge is 0.261 e. The monoisotopic (exact) mass is 346 g/mol. The van der Waals surface area contributed by atoms with Crippen molar-refractivity contribution in [3.05, 3.63) is 21.9 Å². The predicted octanol–water partition coefficient (Wildman–Crippen LogP) is 4.54. The van der Waals surface area contributed by atoms with E-state index in [1.165, 1.54) is 82.9 Å². The minimum Gasteiger partial charge on any atom is -0.349 e. The van der Waals surface area contributed by atoms with Crippen LogP contribution in [0.2, 0.25) is 0 Å². The van der Waals surface area contributed by atoms with Gasteiger partial charge in [-0.05, 0) is 74.5 Å². The lowest BCUT2D eigenvalue weighted by Gasteiger charge is -2.48.